The van der Waals surface area contributed by atoms with Crippen molar-refractivity contribution in [3.63, 3.8) is 0 Å². The molecule has 4 heteroatoms. The third-order valence-corrected chi connectivity index (χ3v) is 3.82. The average molecular weight is 261 g/mol. The average Bonchev–Trinajstić information content (AvgIpc) is 2.43. The number of aryl methyl sites for hydroxylation is 2. The molecular formula is C15H23N3O. The minimum Gasteiger partial charge on any atom is -0.322 e. The fraction of sp³-hybridized carbons (Fsp3) is 0.533. The molecule has 4 nitrogen and oxygen atoms in total. The number of para-hydroxylation sites is 1. The van der Waals surface area contributed by atoms with Crippen LogP contribution in [0.4, 0.5) is 10.5 Å². The van der Waals surface area contributed by atoms with Crippen LogP contribution in [0.5, 0.6) is 0 Å². The highest BCUT2D eigenvalue weighted by molar-refractivity contribution is 5.91. The van der Waals surface area contributed by atoms with Crippen molar-refractivity contribution in [1.82, 2.24) is 9.80 Å². The fourth-order valence-electron chi connectivity index (χ4n) is 2.46. The molecule has 1 heterocycles. The smallest absolute Gasteiger partial charge is 0.321 e. The molecule has 1 aliphatic heterocycles. The van der Waals surface area contributed by atoms with Crippen molar-refractivity contribution in [2.24, 2.45) is 0 Å². The summed E-state index contributed by atoms with van der Waals surface area (Å²) in [6.45, 7) is 10.8. The lowest BCUT2D eigenvalue weighted by Gasteiger charge is -2.34. The van der Waals surface area contributed by atoms with Gasteiger partial charge in [0.15, 0.2) is 0 Å². The Bertz CT molecular complexity index is 430. The molecule has 0 spiro atoms. The zero-order valence-electron chi connectivity index (χ0n) is 12.1. The number of hydrogen-bond donors (Lipinski definition) is 1. The summed E-state index contributed by atoms with van der Waals surface area (Å²) >= 11 is 0. The van der Waals surface area contributed by atoms with Crippen LogP contribution in [-0.4, -0.2) is 48.6 Å². The van der Waals surface area contributed by atoms with Gasteiger partial charge in [0.25, 0.3) is 0 Å². The van der Waals surface area contributed by atoms with Crippen molar-refractivity contribution in [1.29, 1.82) is 0 Å². The number of benzene rings is 1. The molecule has 2 amide bonds. The normalized spacial score (nSPS) is 16.5. The number of piperazine rings is 1. The van der Waals surface area contributed by atoms with Crippen LogP contribution in [0.25, 0.3) is 0 Å². The van der Waals surface area contributed by atoms with Crippen LogP contribution in [0.3, 0.4) is 0 Å². The molecule has 0 aromatic heterocycles. The first kappa shape index (κ1) is 13.9. The van der Waals surface area contributed by atoms with Gasteiger partial charge in [-0.2, -0.15) is 0 Å². The van der Waals surface area contributed by atoms with Crippen molar-refractivity contribution in [2.45, 2.75) is 20.8 Å². The number of rotatable bonds is 2. The molecule has 0 bridgehead atoms. The van der Waals surface area contributed by atoms with E-state index in [4.69, 9.17) is 0 Å². The number of hydrogen-bond acceptors (Lipinski definition) is 2. The quantitative estimate of drug-likeness (QED) is 0.887. The van der Waals surface area contributed by atoms with E-state index < -0.39 is 0 Å². The number of likely N-dealkylation sites (N-methyl/N-ethyl adjacent to an activating group) is 1. The molecule has 2 rings (SSSR count). The van der Waals surface area contributed by atoms with Crippen LogP contribution in [0.15, 0.2) is 18.2 Å². The number of urea groups is 1. The Morgan fingerprint density at radius 1 is 1.16 bits per heavy atom. The number of amides is 2. The minimum atomic E-state index is 0.0214. The zero-order valence-corrected chi connectivity index (χ0v) is 12.1. The molecule has 1 saturated heterocycles. The maximum Gasteiger partial charge on any atom is 0.321 e. The van der Waals surface area contributed by atoms with E-state index in [1.807, 2.05) is 36.9 Å². The summed E-state index contributed by atoms with van der Waals surface area (Å²) < 4.78 is 0. The van der Waals surface area contributed by atoms with Crippen LogP contribution in [0.2, 0.25) is 0 Å². The summed E-state index contributed by atoms with van der Waals surface area (Å²) in [6.07, 6.45) is 0. The van der Waals surface area contributed by atoms with E-state index in [-0.39, 0.29) is 6.03 Å². The van der Waals surface area contributed by atoms with Gasteiger partial charge in [-0.05, 0) is 31.5 Å². The Kier molecular flexibility index (Phi) is 4.43. The molecule has 0 saturated carbocycles. The Hall–Kier alpha value is -1.55. The highest BCUT2D eigenvalue weighted by Crippen LogP contribution is 2.20. The van der Waals surface area contributed by atoms with E-state index in [0.717, 1.165) is 49.5 Å². The van der Waals surface area contributed by atoms with Crippen molar-refractivity contribution in [3.8, 4) is 0 Å². The summed E-state index contributed by atoms with van der Waals surface area (Å²) in [6, 6.07) is 6.09. The van der Waals surface area contributed by atoms with E-state index in [0.29, 0.717) is 0 Å². The molecule has 19 heavy (non-hydrogen) atoms. The van der Waals surface area contributed by atoms with Gasteiger partial charge < -0.3 is 15.1 Å². The minimum absolute atomic E-state index is 0.0214. The van der Waals surface area contributed by atoms with E-state index in [1.165, 1.54) is 0 Å². The molecule has 1 aliphatic rings. The molecule has 0 radical (unpaired) electrons. The summed E-state index contributed by atoms with van der Waals surface area (Å²) in [7, 11) is 0. The third-order valence-electron chi connectivity index (χ3n) is 3.82. The number of anilines is 1. The van der Waals surface area contributed by atoms with Crippen LogP contribution in [0.1, 0.15) is 18.1 Å². The summed E-state index contributed by atoms with van der Waals surface area (Å²) in [5.41, 5.74) is 3.17. The Labute approximate surface area is 115 Å². The van der Waals surface area contributed by atoms with Gasteiger partial charge in [-0.3, -0.25) is 0 Å². The van der Waals surface area contributed by atoms with Crippen molar-refractivity contribution in [2.75, 3.05) is 38.0 Å². The lowest BCUT2D eigenvalue weighted by Crippen LogP contribution is -2.49. The van der Waals surface area contributed by atoms with Gasteiger partial charge >= 0.3 is 6.03 Å². The highest BCUT2D eigenvalue weighted by Gasteiger charge is 2.20. The van der Waals surface area contributed by atoms with Crippen molar-refractivity contribution >= 4 is 11.7 Å². The van der Waals surface area contributed by atoms with Gasteiger partial charge in [-0.1, -0.05) is 25.1 Å². The molecular weight excluding hydrogens is 238 g/mol. The lowest BCUT2D eigenvalue weighted by molar-refractivity contribution is 0.151. The van der Waals surface area contributed by atoms with E-state index >= 15 is 0 Å². The van der Waals surface area contributed by atoms with Crippen LogP contribution < -0.4 is 5.32 Å². The van der Waals surface area contributed by atoms with Crippen LogP contribution >= 0.6 is 0 Å². The SMILES string of the molecule is CCN1CCN(C(=O)Nc2c(C)cccc2C)CC1. The monoisotopic (exact) mass is 261 g/mol. The van der Waals surface area contributed by atoms with E-state index in [1.54, 1.807) is 0 Å². The third kappa shape index (κ3) is 3.26. The Morgan fingerprint density at radius 2 is 1.74 bits per heavy atom. The van der Waals surface area contributed by atoms with Crippen molar-refractivity contribution < 1.29 is 4.79 Å². The van der Waals surface area contributed by atoms with Gasteiger partial charge in [-0.15, -0.1) is 0 Å². The lowest BCUT2D eigenvalue weighted by atomic mass is 10.1. The highest BCUT2D eigenvalue weighted by atomic mass is 16.2. The largest absolute Gasteiger partial charge is 0.322 e. The molecule has 104 valence electrons. The van der Waals surface area contributed by atoms with Gasteiger partial charge in [0.05, 0.1) is 0 Å². The Balaban J connectivity index is 1.98. The van der Waals surface area contributed by atoms with Gasteiger partial charge in [0.2, 0.25) is 0 Å². The predicted octanol–water partition coefficient (Wildman–Crippen LogP) is 2.47. The second-order valence-corrected chi connectivity index (χ2v) is 5.12. The van der Waals surface area contributed by atoms with Crippen molar-refractivity contribution in [3.05, 3.63) is 29.3 Å². The molecule has 0 unspecified atom stereocenters. The molecule has 0 atom stereocenters. The Morgan fingerprint density at radius 3 is 2.26 bits per heavy atom. The summed E-state index contributed by atoms with van der Waals surface area (Å²) in [5.74, 6) is 0. The second-order valence-electron chi connectivity index (χ2n) is 5.12. The maximum absolute atomic E-state index is 12.3. The van der Waals surface area contributed by atoms with Crippen LogP contribution in [-0.2, 0) is 0 Å². The summed E-state index contributed by atoms with van der Waals surface area (Å²) in [4.78, 5) is 16.5. The van der Waals surface area contributed by atoms with E-state index in [9.17, 15) is 4.79 Å². The van der Waals surface area contributed by atoms with Gasteiger partial charge in [0, 0.05) is 31.9 Å². The topological polar surface area (TPSA) is 35.6 Å². The number of nitrogens with zero attached hydrogens (tertiary/aromatic N) is 2. The molecule has 1 fully saturated rings. The first-order chi connectivity index (χ1) is 9.11. The first-order valence-electron chi connectivity index (χ1n) is 6.96. The predicted molar refractivity (Wildman–Crippen MR) is 78.6 cm³/mol. The number of carbonyl (C=O) groups excluding carboxylic acids is 1. The number of nitrogens with one attached hydrogen (secondary N) is 1. The fourth-order valence-corrected chi connectivity index (χ4v) is 2.46. The first-order valence-corrected chi connectivity index (χ1v) is 6.96. The van der Waals surface area contributed by atoms with E-state index in [2.05, 4.69) is 17.1 Å². The summed E-state index contributed by atoms with van der Waals surface area (Å²) in [5, 5.41) is 3.05. The second kappa shape index (κ2) is 6.06. The number of carbonyl (C=O) groups is 1. The van der Waals surface area contributed by atoms with Crippen LogP contribution in [0, 0.1) is 13.8 Å². The maximum atomic E-state index is 12.3. The molecule has 1 aromatic rings. The molecule has 1 N–H and O–H groups in total. The standard InChI is InChI=1S/C15H23N3O/c1-4-17-8-10-18(11-9-17)15(19)16-14-12(2)6-5-7-13(14)3/h5-7H,4,8-11H2,1-3H3,(H,16,19). The molecule has 1 aromatic carbocycles. The molecule has 0 aliphatic carbocycles. The van der Waals surface area contributed by atoms with Gasteiger partial charge in [-0.25, -0.2) is 4.79 Å². The zero-order chi connectivity index (χ0) is 13.8. The van der Waals surface area contributed by atoms with Gasteiger partial charge in [0.1, 0.15) is 0 Å².